The quantitative estimate of drug-likeness (QED) is 0.873. The summed E-state index contributed by atoms with van der Waals surface area (Å²) in [5, 5.41) is 10.1. The van der Waals surface area contributed by atoms with E-state index in [0.717, 1.165) is 25.0 Å². The van der Waals surface area contributed by atoms with Gasteiger partial charge in [0.15, 0.2) is 0 Å². The topological polar surface area (TPSA) is 51.6 Å². The fourth-order valence-electron chi connectivity index (χ4n) is 2.27. The molecule has 4 nitrogen and oxygen atoms in total. The first-order valence-electron chi connectivity index (χ1n) is 6.58. The van der Waals surface area contributed by atoms with Crippen molar-refractivity contribution in [1.29, 1.82) is 0 Å². The Hall–Kier alpha value is -1.13. The van der Waals surface area contributed by atoms with Crippen LogP contribution in [0.2, 0.25) is 0 Å². The Bertz CT molecular complexity index is 364. The van der Waals surface area contributed by atoms with Crippen molar-refractivity contribution in [2.75, 3.05) is 13.7 Å². The average Bonchev–Trinajstić information content (AvgIpc) is 2.46. The number of pyridine rings is 1. The third-order valence-electron chi connectivity index (χ3n) is 3.39. The second-order valence-electron chi connectivity index (χ2n) is 4.74. The van der Waals surface area contributed by atoms with Crippen molar-refractivity contribution in [2.24, 2.45) is 0 Å². The average molecular weight is 251 g/mol. The lowest BCUT2D eigenvalue weighted by molar-refractivity contribution is 0.00210. The molecule has 0 radical (unpaired) electrons. The van der Waals surface area contributed by atoms with E-state index in [0.29, 0.717) is 18.3 Å². The van der Waals surface area contributed by atoms with Gasteiger partial charge in [-0.2, -0.15) is 0 Å². The maximum Gasteiger partial charge on any atom is 0.137 e. The van der Waals surface area contributed by atoms with Crippen LogP contribution in [0.4, 0.5) is 0 Å². The summed E-state index contributed by atoms with van der Waals surface area (Å²) >= 11 is 0. The standard InChI is InChI=1S/C14H21NO3/c1-17-13-8-11(9-15-10-13)14(16)6-5-12-4-2-3-7-18-12/h8-10,12,14,16H,2-7H2,1H3. The molecule has 0 spiro atoms. The van der Waals surface area contributed by atoms with Crippen LogP contribution in [0.15, 0.2) is 18.5 Å². The number of methoxy groups -OCH3 is 1. The van der Waals surface area contributed by atoms with E-state index in [9.17, 15) is 5.11 Å². The molecule has 1 fully saturated rings. The molecule has 18 heavy (non-hydrogen) atoms. The van der Waals surface area contributed by atoms with E-state index in [2.05, 4.69) is 4.98 Å². The van der Waals surface area contributed by atoms with Crippen molar-refractivity contribution in [3.63, 3.8) is 0 Å². The normalized spacial score (nSPS) is 21.6. The van der Waals surface area contributed by atoms with Gasteiger partial charge in [-0.1, -0.05) is 0 Å². The molecule has 0 amide bonds. The number of ether oxygens (including phenoxy) is 2. The lowest BCUT2D eigenvalue weighted by atomic mass is 10.00. The highest BCUT2D eigenvalue weighted by atomic mass is 16.5. The summed E-state index contributed by atoms with van der Waals surface area (Å²) in [6.45, 7) is 0.863. The summed E-state index contributed by atoms with van der Waals surface area (Å²) < 4.78 is 10.8. The third kappa shape index (κ3) is 3.68. The van der Waals surface area contributed by atoms with Crippen molar-refractivity contribution in [3.05, 3.63) is 24.0 Å². The monoisotopic (exact) mass is 251 g/mol. The summed E-state index contributed by atoms with van der Waals surface area (Å²) in [5.74, 6) is 0.681. The van der Waals surface area contributed by atoms with Gasteiger partial charge in [-0.25, -0.2) is 0 Å². The number of hydrogen-bond acceptors (Lipinski definition) is 4. The van der Waals surface area contributed by atoms with Crippen molar-refractivity contribution >= 4 is 0 Å². The largest absolute Gasteiger partial charge is 0.495 e. The number of aliphatic hydroxyl groups excluding tert-OH is 1. The SMILES string of the molecule is COc1cncc(C(O)CCC2CCCCO2)c1. The molecule has 0 bridgehead atoms. The van der Waals surface area contributed by atoms with Crippen molar-refractivity contribution in [2.45, 2.75) is 44.3 Å². The van der Waals surface area contributed by atoms with Crippen LogP contribution >= 0.6 is 0 Å². The van der Waals surface area contributed by atoms with Crippen LogP contribution in [0.5, 0.6) is 5.75 Å². The number of aromatic nitrogens is 1. The highest BCUT2D eigenvalue weighted by Crippen LogP contribution is 2.25. The molecule has 0 aliphatic carbocycles. The highest BCUT2D eigenvalue weighted by molar-refractivity contribution is 5.24. The van der Waals surface area contributed by atoms with Crippen molar-refractivity contribution < 1.29 is 14.6 Å². The van der Waals surface area contributed by atoms with Crippen LogP contribution in [0.3, 0.4) is 0 Å². The lowest BCUT2D eigenvalue weighted by Crippen LogP contribution is -2.19. The number of hydrogen-bond donors (Lipinski definition) is 1. The molecule has 2 unspecified atom stereocenters. The minimum atomic E-state index is -0.488. The predicted molar refractivity (Wildman–Crippen MR) is 68.6 cm³/mol. The first-order valence-corrected chi connectivity index (χ1v) is 6.58. The molecular formula is C14H21NO3. The van der Waals surface area contributed by atoms with E-state index in [4.69, 9.17) is 9.47 Å². The Morgan fingerprint density at radius 1 is 1.50 bits per heavy atom. The Balaban J connectivity index is 1.84. The summed E-state index contributed by atoms with van der Waals surface area (Å²) in [5.41, 5.74) is 0.810. The lowest BCUT2D eigenvalue weighted by Gasteiger charge is -2.23. The molecule has 1 aliphatic rings. The fraction of sp³-hybridized carbons (Fsp3) is 0.643. The zero-order chi connectivity index (χ0) is 12.8. The number of rotatable bonds is 5. The second-order valence-corrected chi connectivity index (χ2v) is 4.74. The zero-order valence-electron chi connectivity index (χ0n) is 10.8. The molecule has 0 saturated carbocycles. The van der Waals surface area contributed by atoms with Gasteiger partial charge in [0.2, 0.25) is 0 Å². The molecule has 4 heteroatoms. The zero-order valence-corrected chi connectivity index (χ0v) is 10.8. The third-order valence-corrected chi connectivity index (χ3v) is 3.39. The van der Waals surface area contributed by atoms with E-state index >= 15 is 0 Å². The van der Waals surface area contributed by atoms with Gasteiger partial charge < -0.3 is 14.6 Å². The van der Waals surface area contributed by atoms with Gasteiger partial charge in [0, 0.05) is 18.4 Å². The van der Waals surface area contributed by atoms with Crippen LogP contribution in [0.25, 0.3) is 0 Å². The maximum absolute atomic E-state index is 10.1. The summed E-state index contributed by atoms with van der Waals surface area (Å²) in [6, 6.07) is 1.83. The summed E-state index contributed by atoms with van der Waals surface area (Å²) in [4.78, 5) is 4.06. The summed E-state index contributed by atoms with van der Waals surface area (Å²) in [7, 11) is 1.60. The highest BCUT2D eigenvalue weighted by Gasteiger charge is 2.16. The van der Waals surface area contributed by atoms with E-state index < -0.39 is 6.10 Å². The first kappa shape index (κ1) is 13.3. The predicted octanol–water partition coefficient (Wildman–Crippen LogP) is 2.47. The van der Waals surface area contributed by atoms with E-state index in [1.165, 1.54) is 12.8 Å². The van der Waals surface area contributed by atoms with E-state index in [1.807, 2.05) is 6.07 Å². The van der Waals surface area contributed by atoms with Gasteiger partial charge in [0.25, 0.3) is 0 Å². The Morgan fingerprint density at radius 2 is 2.39 bits per heavy atom. The smallest absolute Gasteiger partial charge is 0.137 e. The van der Waals surface area contributed by atoms with Crippen LogP contribution in [-0.2, 0) is 4.74 Å². The Kier molecular flexibility index (Phi) is 4.96. The molecular weight excluding hydrogens is 230 g/mol. The maximum atomic E-state index is 10.1. The molecule has 1 aromatic rings. The van der Waals surface area contributed by atoms with E-state index in [1.54, 1.807) is 19.5 Å². The molecule has 1 saturated heterocycles. The molecule has 0 aromatic carbocycles. The summed E-state index contributed by atoms with van der Waals surface area (Å²) in [6.07, 6.45) is 8.28. The van der Waals surface area contributed by atoms with Gasteiger partial charge in [0.05, 0.1) is 25.5 Å². The van der Waals surface area contributed by atoms with Crippen LogP contribution in [0, 0.1) is 0 Å². The van der Waals surface area contributed by atoms with Gasteiger partial charge >= 0.3 is 0 Å². The Labute approximate surface area is 108 Å². The van der Waals surface area contributed by atoms with Gasteiger partial charge in [-0.3, -0.25) is 4.98 Å². The molecule has 1 aromatic heterocycles. The van der Waals surface area contributed by atoms with E-state index in [-0.39, 0.29) is 0 Å². The minimum absolute atomic E-state index is 0.312. The molecule has 2 rings (SSSR count). The number of nitrogens with zero attached hydrogens (tertiary/aromatic N) is 1. The fourth-order valence-corrected chi connectivity index (χ4v) is 2.27. The van der Waals surface area contributed by atoms with Gasteiger partial charge in [0.1, 0.15) is 5.75 Å². The minimum Gasteiger partial charge on any atom is -0.495 e. The molecule has 1 aliphatic heterocycles. The number of aliphatic hydroxyl groups is 1. The Morgan fingerprint density at radius 3 is 3.11 bits per heavy atom. The van der Waals surface area contributed by atoms with Crippen LogP contribution in [-0.4, -0.2) is 29.9 Å². The molecule has 100 valence electrons. The molecule has 2 atom stereocenters. The van der Waals surface area contributed by atoms with Gasteiger partial charge in [-0.15, -0.1) is 0 Å². The second kappa shape index (κ2) is 6.71. The van der Waals surface area contributed by atoms with Crippen molar-refractivity contribution in [1.82, 2.24) is 4.98 Å². The van der Waals surface area contributed by atoms with Crippen LogP contribution in [0.1, 0.15) is 43.8 Å². The van der Waals surface area contributed by atoms with Crippen molar-refractivity contribution in [3.8, 4) is 5.75 Å². The molecule has 2 heterocycles. The van der Waals surface area contributed by atoms with Crippen LogP contribution < -0.4 is 4.74 Å². The van der Waals surface area contributed by atoms with Gasteiger partial charge in [-0.05, 0) is 38.2 Å². The first-order chi connectivity index (χ1) is 8.79. The molecule has 1 N–H and O–H groups in total.